The van der Waals surface area contributed by atoms with Gasteiger partial charge in [-0.25, -0.2) is 4.79 Å². The summed E-state index contributed by atoms with van der Waals surface area (Å²) in [7, 11) is 0. The summed E-state index contributed by atoms with van der Waals surface area (Å²) < 4.78 is 11.1. The maximum Gasteiger partial charge on any atom is 0.335 e. The Morgan fingerprint density at radius 3 is 2.53 bits per heavy atom. The zero-order valence-electron chi connectivity index (χ0n) is 9.63. The summed E-state index contributed by atoms with van der Waals surface area (Å²) in [5, 5.41) is 3.17. The number of hydrogen-bond donors (Lipinski definition) is 1. The molecule has 0 bridgehead atoms. The molecule has 0 aromatic rings. The molecule has 2 rings (SSSR count). The first-order chi connectivity index (χ1) is 6.90. The van der Waals surface area contributed by atoms with E-state index in [-0.39, 0.29) is 17.7 Å². The molecule has 2 fully saturated rings. The van der Waals surface area contributed by atoms with Crippen molar-refractivity contribution in [2.75, 3.05) is 13.1 Å². The van der Waals surface area contributed by atoms with E-state index in [0.717, 1.165) is 25.9 Å². The Morgan fingerprint density at radius 2 is 2.13 bits per heavy atom. The molecule has 1 atom stereocenters. The van der Waals surface area contributed by atoms with E-state index in [4.69, 9.17) is 9.47 Å². The third kappa shape index (κ3) is 2.32. The van der Waals surface area contributed by atoms with Gasteiger partial charge in [0.25, 0.3) is 0 Å². The number of carbonyl (C=O) groups is 1. The summed E-state index contributed by atoms with van der Waals surface area (Å²) in [6, 6.07) is 0. The Balaban J connectivity index is 1.88. The molecule has 15 heavy (non-hydrogen) atoms. The lowest BCUT2D eigenvalue weighted by Gasteiger charge is -2.38. The number of esters is 1. The summed E-state index contributed by atoms with van der Waals surface area (Å²) in [6.45, 7) is 7.36. The lowest BCUT2D eigenvalue weighted by atomic mass is 9.93. The molecule has 1 N–H and O–H groups in total. The molecule has 0 aromatic carbocycles. The van der Waals surface area contributed by atoms with Crippen LogP contribution in [0.25, 0.3) is 0 Å². The van der Waals surface area contributed by atoms with Crippen LogP contribution in [0.15, 0.2) is 0 Å². The number of nitrogens with one attached hydrogen (secondary N) is 1. The standard InChI is InChI=1S/C11H19NO3/c1-10(2,3)15-9(13)8-4-5-11(14-8)6-12-7-11/h8,12H,4-7H2,1-3H3. The summed E-state index contributed by atoms with van der Waals surface area (Å²) in [4.78, 5) is 11.7. The molecule has 86 valence electrons. The van der Waals surface area contributed by atoms with Crippen LogP contribution < -0.4 is 5.32 Å². The third-order valence-corrected chi connectivity index (χ3v) is 2.82. The molecule has 2 aliphatic rings. The topological polar surface area (TPSA) is 47.6 Å². The lowest BCUT2D eigenvalue weighted by molar-refractivity contribution is -0.174. The van der Waals surface area contributed by atoms with E-state index >= 15 is 0 Å². The van der Waals surface area contributed by atoms with E-state index in [1.165, 1.54) is 0 Å². The molecule has 4 nitrogen and oxygen atoms in total. The van der Waals surface area contributed by atoms with Crippen molar-refractivity contribution in [1.82, 2.24) is 5.32 Å². The van der Waals surface area contributed by atoms with E-state index in [1.54, 1.807) is 0 Å². The molecular formula is C11H19NO3. The molecule has 0 aliphatic carbocycles. The molecule has 2 heterocycles. The van der Waals surface area contributed by atoms with Gasteiger partial charge in [0.05, 0.1) is 5.60 Å². The second-order valence-electron chi connectivity index (χ2n) is 5.47. The van der Waals surface area contributed by atoms with Crippen LogP contribution in [-0.4, -0.2) is 36.4 Å². The van der Waals surface area contributed by atoms with E-state index in [0.29, 0.717) is 0 Å². The average Bonchev–Trinajstić information content (AvgIpc) is 2.43. The summed E-state index contributed by atoms with van der Waals surface area (Å²) in [6.07, 6.45) is 1.40. The fourth-order valence-electron chi connectivity index (χ4n) is 2.01. The lowest BCUT2D eigenvalue weighted by Crippen LogP contribution is -2.59. The van der Waals surface area contributed by atoms with Gasteiger partial charge in [-0.3, -0.25) is 0 Å². The molecule has 2 aliphatic heterocycles. The molecular weight excluding hydrogens is 194 g/mol. The molecule has 2 saturated heterocycles. The minimum absolute atomic E-state index is 0.0679. The Kier molecular flexibility index (Phi) is 2.51. The van der Waals surface area contributed by atoms with Crippen molar-refractivity contribution in [2.24, 2.45) is 0 Å². The van der Waals surface area contributed by atoms with E-state index < -0.39 is 5.60 Å². The van der Waals surface area contributed by atoms with E-state index in [2.05, 4.69) is 5.32 Å². The number of carbonyl (C=O) groups excluding carboxylic acids is 1. The van der Waals surface area contributed by atoms with Crippen molar-refractivity contribution in [3.05, 3.63) is 0 Å². The average molecular weight is 213 g/mol. The fourth-order valence-corrected chi connectivity index (χ4v) is 2.01. The highest BCUT2D eigenvalue weighted by Gasteiger charge is 2.47. The first-order valence-corrected chi connectivity index (χ1v) is 5.52. The summed E-state index contributed by atoms with van der Waals surface area (Å²) >= 11 is 0. The van der Waals surface area contributed by atoms with Gasteiger partial charge in [-0.05, 0) is 33.6 Å². The normalized spacial score (nSPS) is 28.9. The summed E-state index contributed by atoms with van der Waals surface area (Å²) in [5.41, 5.74) is -0.490. The SMILES string of the molecule is CC(C)(C)OC(=O)C1CCC2(CNC2)O1. The number of hydrogen-bond acceptors (Lipinski definition) is 4. The van der Waals surface area contributed by atoms with Crippen LogP contribution in [0.3, 0.4) is 0 Å². The molecule has 0 amide bonds. The number of rotatable bonds is 1. The van der Waals surface area contributed by atoms with Crippen LogP contribution in [0.4, 0.5) is 0 Å². The van der Waals surface area contributed by atoms with Gasteiger partial charge in [0, 0.05) is 13.1 Å². The molecule has 0 aromatic heterocycles. The van der Waals surface area contributed by atoms with Gasteiger partial charge in [0.2, 0.25) is 0 Å². The minimum Gasteiger partial charge on any atom is -0.458 e. The smallest absolute Gasteiger partial charge is 0.335 e. The quantitative estimate of drug-likeness (QED) is 0.656. The number of ether oxygens (including phenoxy) is 2. The van der Waals surface area contributed by atoms with E-state index in [1.807, 2.05) is 20.8 Å². The second kappa shape index (κ2) is 3.46. The highest BCUT2D eigenvalue weighted by atomic mass is 16.6. The van der Waals surface area contributed by atoms with Crippen LogP contribution in [-0.2, 0) is 14.3 Å². The van der Waals surface area contributed by atoms with Gasteiger partial charge < -0.3 is 14.8 Å². The highest BCUT2D eigenvalue weighted by molar-refractivity contribution is 5.75. The largest absolute Gasteiger partial charge is 0.458 e. The van der Waals surface area contributed by atoms with Crippen molar-refractivity contribution in [2.45, 2.75) is 50.9 Å². The van der Waals surface area contributed by atoms with Crippen LogP contribution in [0.1, 0.15) is 33.6 Å². The molecule has 0 radical (unpaired) electrons. The molecule has 1 unspecified atom stereocenters. The van der Waals surface area contributed by atoms with Gasteiger partial charge in [-0.1, -0.05) is 0 Å². The Bertz CT molecular complexity index is 265. The van der Waals surface area contributed by atoms with E-state index in [9.17, 15) is 4.79 Å². The predicted molar refractivity (Wildman–Crippen MR) is 55.6 cm³/mol. The van der Waals surface area contributed by atoms with Crippen LogP contribution in [0.2, 0.25) is 0 Å². The first kappa shape index (κ1) is 10.9. The van der Waals surface area contributed by atoms with Crippen molar-refractivity contribution in [3.8, 4) is 0 Å². The third-order valence-electron chi connectivity index (χ3n) is 2.82. The predicted octanol–water partition coefficient (Wildman–Crippen LogP) is 0.849. The van der Waals surface area contributed by atoms with Gasteiger partial charge in [0.1, 0.15) is 5.60 Å². The van der Waals surface area contributed by atoms with Crippen molar-refractivity contribution in [3.63, 3.8) is 0 Å². The van der Waals surface area contributed by atoms with Gasteiger partial charge in [0.15, 0.2) is 6.10 Å². The molecule has 0 saturated carbocycles. The Hall–Kier alpha value is -0.610. The fraction of sp³-hybridized carbons (Fsp3) is 0.909. The summed E-state index contributed by atoms with van der Waals surface area (Å²) in [5.74, 6) is -0.216. The maximum atomic E-state index is 11.7. The molecule has 4 heteroatoms. The second-order valence-corrected chi connectivity index (χ2v) is 5.47. The monoisotopic (exact) mass is 213 g/mol. The Morgan fingerprint density at radius 1 is 1.47 bits per heavy atom. The van der Waals surface area contributed by atoms with Gasteiger partial charge in [-0.2, -0.15) is 0 Å². The van der Waals surface area contributed by atoms with Crippen LogP contribution >= 0.6 is 0 Å². The first-order valence-electron chi connectivity index (χ1n) is 5.52. The Labute approximate surface area is 90.3 Å². The van der Waals surface area contributed by atoms with Gasteiger partial charge >= 0.3 is 5.97 Å². The van der Waals surface area contributed by atoms with Crippen molar-refractivity contribution in [1.29, 1.82) is 0 Å². The van der Waals surface area contributed by atoms with Crippen LogP contribution in [0, 0.1) is 0 Å². The van der Waals surface area contributed by atoms with Crippen molar-refractivity contribution >= 4 is 5.97 Å². The molecule has 1 spiro atoms. The zero-order chi connectivity index (χ0) is 11.1. The zero-order valence-corrected chi connectivity index (χ0v) is 9.63. The highest BCUT2D eigenvalue weighted by Crippen LogP contribution is 2.34. The van der Waals surface area contributed by atoms with Gasteiger partial charge in [-0.15, -0.1) is 0 Å². The van der Waals surface area contributed by atoms with Crippen molar-refractivity contribution < 1.29 is 14.3 Å². The maximum absolute atomic E-state index is 11.7. The minimum atomic E-state index is -0.423. The van der Waals surface area contributed by atoms with Crippen LogP contribution in [0.5, 0.6) is 0 Å².